The first-order valence-electron chi connectivity index (χ1n) is 6.82. The standard InChI is InChI=1S/C15H19N4O2P/c1-11-7-8-16-15(17-11)19-13-6-4-5-12(9-13)18-14(20)10-22(2,3)21/h4-9H,10H2,1-3H3,(H,18,20)(H,16,17,19). The Balaban J connectivity index is 2.07. The number of hydrogen-bond acceptors (Lipinski definition) is 5. The highest BCUT2D eigenvalue weighted by molar-refractivity contribution is 7.63. The second kappa shape index (κ2) is 6.71. The summed E-state index contributed by atoms with van der Waals surface area (Å²) < 4.78 is 11.7. The first kappa shape index (κ1) is 16.2. The number of aryl methyl sites for hydroxylation is 1. The summed E-state index contributed by atoms with van der Waals surface area (Å²) in [5, 5.41) is 5.82. The molecule has 1 aromatic carbocycles. The fraction of sp³-hybridized carbons (Fsp3) is 0.267. The molecule has 2 N–H and O–H groups in total. The normalized spacial score (nSPS) is 11.0. The molecule has 1 heterocycles. The summed E-state index contributed by atoms with van der Waals surface area (Å²) >= 11 is 0. The number of aromatic nitrogens is 2. The number of benzene rings is 1. The topological polar surface area (TPSA) is 84.0 Å². The van der Waals surface area contributed by atoms with Crippen molar-refractivity contribution in [1.82, 2.24) is 9.97 Å². The number of carbonyl (C=O) groups excluding carboxylic acids is 1. The fourth-order valence-electron chi connectivity index (χ4n) is 1.86. The molecule has 0 aliphatic rings. The Morgan fingerprint density at radius 3 is 2.64 bits per heavy atom. The highest BCUT2D eigenvalue weighted by Crippen LogP contribution is 2.35. The van der Waals surface area contributed by atoms with Crippen molar-refractivity contribution in [1.29, 1.82) is 0 Å². The Bertz CT molecular complexity index is 727. The number of amides is 1. The van der Waals surface area contributed by atoms with Crippen molar-refractivity contribution in [2.45, 2.75) is 6.92 Å². The van der Waals surface area contributed by atoms with E-state index in [4.69, 9.17) is 0 Å². The highest BCUT2D eigenvalue weighted by Gasteiger charge is 2.13. The van der Waals surface area contributed by atoms with Gasteiger partial charge in [0.1, 0.15) is 0 Å². The molecule has 0 aliphatic heterocycles. The zero-order chi connectivity index (χ0) is 16.2. The average molecular weight is 318 g/mol. The maximum atomic E-state index is 11.8. The van der Waals surface area contributed by atoms with E-state index in [1.165, 1.54) is 0 Å². The average Bonchev–Trinajstić information content (AvgIpc) is 2.36. The van der Waals surface area contributed by atoms with Gasteiger partial charge >= 0.3 is 0 Å². The predicted molar refractivity (Wildman–Crippen MR) is 89.4 cm³/mol. The molecular weight excluding hydrogens is 299 g/mol. The van der Waals surface area contributed by atoms with Crippen molar-refractivity contribution in [2.24, 2.45) is 0 Å². The van der Waals surface area contributed by atoms with Gasteiger partial charge < -0.3 is 15.2 Å². The van der Waals surface area contributed by atoms with Crippen LogP contribution in [0, 0.1) is 6.92 Å². The predicted octanol–water partition coefficient (Wildman–Crippen LogP) is 3.09. The number of rotatable bonds is 5. The van der Waals surface area contributed by atoms with Gasteiger partial charge in [-0.2, -0.15) is 0 Å². The van der Waals surface area contributed by atoms with Crippen molar-refractivity contribution in [2.75, 3.05) is 30.1 Å². The Kier molecular flexibility index (Phi) is 4.93. The molecule has 0 atom stereocenters. The molecule has 2 aromatic rings. The van der Waals surface area contributed by atoms with Crippen LogP contribution < -0.4 is 10.6 Å². The molecule has 0 fully saturated rings. The molecule has 0 radical (unpaired) electrons. The summed E-state index contributed by atoms with van der Waals surface area (Å²) in [6, 6.07) is 9.03. The third-order valence-corrected chi connectivity index (χ3v) is 3.77. The first-order valence-corrected chi connectivity index (χ1v) is 9.61. The van der Waals surface area contributed by atoms with E-state index in [-0.39, 0.29) is 12.1 Å². The monoisotopic (exact) mass is 318 g/mol. The van der Waals surface area contributed by atoms with Gasteiger partial charge in [-0.25, -0.2) is 9.97 Å². The van der Waals surface area contributed by atoms with Crippen LogP contribution in [0.1, 0.15) is 5.69 Å². The minimum atomic E-state index is -2.38. The number of nitrogens with one attached hydrogen (secondary N) is 2. The van der Waals surface area contributed by atoms with Crippen LogP contribution in [-0.2, 0) is 9.36 Å². The largest absolute Gasteiger partial charge is 0.326 e. The molecule has 1 aromatic heterocycles. The Hall–Kier alpha value is -2.20. The molecule has 0 aliphatic carbocycles. The van der Waals surface area contributed by atoms with E-state index in [9.17, 15) is 9.36 Å². The molecule has 0 unspecified atom stereocenters. The molecule has 1 amide bonds. The van der Waals surface area contributed by atoms with Gasteiger partial charge in [0.2, 0.25) is 11.9 Å². The van der Waals surface area contributed by atoms with Gasteiger partial charge in [-0.15, -0.1) is 0 Å². The van der Waals surface area contributed by atoms with Crippen LogP contribution >= 0.6 is 7.14 Å². The molecule has 0 saturated carbocycles. The van der Waals surface area contributed by atoms with Crippen molar-refractivity contribution >= 4 is 30.4 Å². The van der Waals surface area contributed by atoms with Crippen molar-refractivity contribution < 1.29 is 9.36 Å². The van der Waals surface area contributed by atoms with Gasteiger partial charge in [0.05, 0.1) is 13.3 Å². The van der Waals surface area contributed by atoms with E-state index in [1.54, 1.807) is 31.7 Å². The Labute approximate surface area is 129 Å². The van der Waals surface area contributed by atoms with Crippen LogP contribution in [0.4, 0.5) is 17.3 Å². The summed E-state index contributed by atoms with van der Waals surface area (Å²) in [6.45, 7) is 5.08. The Morgan fingerprint density at radius 1 is 1.23 bits per heavy atom. The summed E-state index contributed by atoms with van der Waals surface area (Å²) in [5.41, 5.74) is 2.26. The van der Waals surface area contributed by atoms with E-state index < -0.39 is 7.14 Å². The van der Waals surface area contributed by atoms with Crippen LogP contribution in [0.3, 0.4) is 0 Å². The van der Waals surface area contributed by atoms with Crippen LogP contribution in [0.25, 0.3) is 0 Å². The van der Waals surface area contributed by atoms with Crippen LogP contribution in [0.2, 0.25) is 0 Å². The molecule has 6 nitrogen and oxygen atoms in total. The van der Waals surface area contributed by atoms with Gasteiger partial charge in [0.15, 0.2) is 0 Å². The van der Waals surface area contributed by atoms with Crippen molar-refractivity contribution in [3.63, 3.8) is 0 Å². The number of anilines is 3. The van der Waals surface area contributed by atoms with E-state index in [1.807, 2.05) is 25.1 Å². The van der Waals surface area contributed by atoms with Crippen LogP contribution in [0.15, 0.2) is 36.5 Å². The summed E-state index contributed by atoms with van der Waals surface area (Å²) in [4.78, 5) is 20.2. The summed E-state index contributed by atoms with van der Waals surface area (Å²) in [6.07, 6.45) is 1.71. The molecule has 0 bridgehead atoms. The number of nitrogens with zero attached hydrogens (tertiary/aromatic N) is 2. The maximum absolute atomic E-state index is 11.8. The van der Waals surface area contributed by atoms with Crippen molar-refractivity contribution in [3.8, 4) is 0 Å². The molecule has 116 valence electrons. The first-order chi connectivity index (χ1) is 10.3. The number of hydrogen-bond donors (Lipinski definition) is 2. The zero-order valence-corrected chi connectivity index (χ0v) is 13.7. The second-order valence-electron chi connectivity index (χ2n) is 5.51. The lowest BCUT2D eigenvalue weighted by Crippen LogP contribution is -2.15. The minimum Gasteiger partial charge on any atom is -0.326 e. The fourth-order valence-corrected chi connectivity index (χ4v) is 2.63. The highest BCUT2D eigenvalue weighted by atomic mass is 31.2. The molecule has 2 rings (SSSR count). The third kappa shape index (κ3) is 5.30. The molecule has 22 heavy (non-hydrogen) atoms. The summed E-state index contributed by atoms with van der Waals surface area (Å²) in [7, 11) is -2.38. The second-order valence-corrected chi connectivity index (χ2v) is 8.97. The molecular formula is C15H19N4O2P. The Morgan fingerprint density at radius 2 is 1.95 bits per heavy atom. The SMILES string of the molecule is Cc1ccnc(Nc2cccc(NC(=O)CP(C)(C)=O)c2)n1. The van der Waals surface area contributed by atoms with E-state index in [0.717, 1.165) is 11.4 Å². The summed E-state index contributed by atoms with van der Waals surface area (Å²) in [5.74, 6) is 0.243. The van der Waals surface area contributed by atoms with Gasteiger partial charge in [0, 0.05) is 23.3 Å². The smallest absolute Gasteiger partial charge is 0.231 e. The van der Waals surface area contributed by atoms with Gasteiger partial charge in [-0.05, 0) is 44.5 Å². The molecule has 7 heteroatoms. The van der Waals surface area contributed by atoms with E-state index >= 15 is 0 Å². The van der Waals surface area contributed by atoms with Crippen LogP contribution in [0.5, 0.6) is 0 Å². The minimum absolute atomic E-state index is 0.0334. The zero-order valence-electron chi connectivity index (χ0n) is 12.8. The maximum Gasteiger partial charge on any atom is 0.231 e. The van der Waals surface area contributed by atoms with E-state index in [0.29, 0.717) is 11.6 Å². The lowest BCUT2D eigenvalue weighted by molar-refractivity contribution is -0.113. The molecule has 0 spiro atoms. The van der Waals surface area contributed by atoms with Gasteiger partial charge in [0.25, 0.3) is 0 Å². The third-order valence-electron chi connectivity index (χ3n) is 2.72. The van der Waals surface area contributed by atoms with Gasteiger partial charge in [-0.1, -0.05) is 6.07 Å². The molecule has 0 saturated heterocycles. The lowest BCUT2D eigenvalue weighted by atomic mass is 10.2. The number of carbonyl (C=O) groups is 1. The lowest BCUT2D eigenvalue weighted by Gasteiger charge is -2.10. The van der Waals surface area contributed by atoms with E-state index in [2.05, 4.69) is 20.6 Å². The van der Waals surface area contributed by atoms with Crippen molar-refractivity contribution in [3.05, 3.63) is 42.2 Å². The van der Waals surface area contributed by atoms with Crippen LogP contribution in [-0.4, -0.2) is 35.4 Å². The quantitative estimate of drug-likeness (QED) is 0.828. The van der Waals surface area contributed by atoms with Gasteiger partial charge in [-0.3, -0.25) is 4.79 Å².